The van der Waals surface area contributed by atoms with Crippen molar-refractivity contribution in [2.75, 3.05) is 12.8 Å². The van der Waals surface area contributed by atoms with Gasteiger partial charge < -0.3 is 5.73 Å². The predicted octanol–water partition coefficient (Wildman–Crippen LogP) is 2.71. The van der Waals surface area contributed by atoms with E-state index in [1.807, 2.05) is 31.2 Å². The number of aryl methyl sites for hydroxylation is 2. The van der Waals surface area contributed by atoms with Crippen molar-refractivity contribution in [2.24, 2.45) is 0 Å². The average molecular weight is 304 g/mol. The first-order chi connectivity index (χ1) is 9.82. The smallest absolute Gasteiger partial charge is 0.245 e. The van der Waals surface area contributed by atoms with Crippen LogP contribution in [0.25, 0.3) is 0 Å². The molecule has 2 aromatic carbocycles. The van der Waals surface area contributed by atoms with E-state index in [4.69, 9.17) is 5.73 Å². The summed E-state index contributed by atoms with van der Waals surface area (Å²) in [4.78, 5) is 0.194. The molecule has 21 heavy (non-hydrogen) atoms. The quantitative estimate of drug-likeness (QED) is 0.883. The highest BCUT2D eigenvalue weighted by atomic mass is 32.2. The molecule has 0 unspecified atom stereocenters. The monoisotopic (exact) mass is 304 g/mol. The number of rotatable bonds is 4. The second kappa shape index (κ2) is 5.87. The van der Waals surface area contributed by atoms with Gasteiger partial charge in [0.2, 0.25) is 10.0 Å². The number of hydrogen-bond acceptors (Lipinski definition) is 3. The van der Waals surface area contributed by atoms with E-state index < -0.39 is 10.0 Å². The van der Waals surface area contributed by atoms with Crippen molar-refractivity contribution in [3.63, 3.8) is 0 Å². The van der Waals surface area contributed by atoms with Crippen molar-refractivity contribution < 1.29 is 8.42 Å². The van der Waals surface area contributed by atoms with Crippen LogP contribution in [0.1, 0.15) is 16.7 Å². The Morgan fingerprint density at radius 2 is 1.67 bits per heavy atom. The van der Waals surface area contributed by atoms with Crippen LogP contribution in [0.2, 0.25) is 0 Å². The summed E-state index contributed by atoms with van der Waals surface area (Å²) in [5.74, 6) is 0. The molecule has 2 N–H and O–H groups in total. The molecule has 5 heteroatoms. The molecule has 2 rings (SSSR count). The topological polar surface area (TPSA) is 63.4 Å². The summed E-state index contributed by atoms with van der Waals surface area (Å²) in [6.07, 6.45) is 0. The van der Waals surface area contributed by atoms with Crippen LogP contribution in [0.5, 0.6) is 0 Å². The van der Waals surface area contributed by atoms with Gasteiger partial charge in [-0.3, -0.25) is 0 Å². The first-order valence-electron chi connectivity index (χ1n) is 6.69. The largest absolute Gasteiger partial charge is 0.398 e. The third-order valence-electron chi connectivity index (χ3n) is 3.44. The molecule has 0 heterocycles. The van der Waals surface area contributed by atoms with Crippen LogP contribution < -0.4 is 5.73 Å². The zero-order valence-electron chi connectivity index (χ0n) is 12.5. The van der Waals surface area contributed by atoms with E-state index in [1.54, 1.807) is 32.2 Å². The van der Waals surface area contributed by atoms with Crippen molar-refractivity contribution in [3.05, 3.63) is 59.2 Å². The molecule has 0 aliphatic rings. The van der Waals surface area contributed by atoms with Crippen molar-refractivity contribution in [1.82, 2.24) is 4.31 Å². The van der Waals surface area contributed by atoms with Gasteiger partial charge in [-0.2, -0.15) is 4.31 Å². The molecule has 0 radical (unpaired) electrons. The van der Waals surface area contributed by atoms with Crippen LogP contribution in [-0.4, -0.2) is 19.8 Å². The maximum atomic E-state index is 12.7. The lowest BCUT2D eigenvalue weighted by Crippen LogP contribution is -2.27. The fraction of sp³-hybridized carbons (Fsp3) is 0.250. The summed E-state index contributed by atoms with van der Waals surface area (Å²) in [5.41, 5.74) is 8.88. The van der Waals surface area contributed by atoms with Gasteiger partial charge in [0.25, 0.3) is 0 Å². The van der Waals surface area contributed by atoms with E-state index in [9.17, 15) is 8.42 Å². The van der Waals surface area contributed by atoms with Gasteiger partial charge in [0.15, 0.2) is 0 Å². The standard InChI is InChI=1S/C16H20N2O2S/c1-12-7-9-14(10-8-12)11-18(3)21(19,20)16-13(2)5-4-6-15(16)17/h4-10H,11,17H2,1-3H3. The van der Waals surface area contributed by atoms with Crippen LogP contribution in [-0.2, 0) is 16.6 Å². The Balaban J connectivity index is 2.33. The van der Waals surface area contributed by atoms with Gasteiger partial charge in [-0.15, -0.1) is 0 Å². The lowest BCUT2D eigenvalue weighted by atomic mass is 10.1. The number of anilines is 1. The third kappa shape index (κ3) is 3.25. The number of benzene rings is 2. The van der Waals surface area contributed by atoms with Gasteiger partial charge in [0.05, 0.1) is 5.69 Å². The molecule has 0 aromatic heterocycles. The molecule has 0 saturated heterocycles. The first kappa shape index (κ1) is 15.5. The van der Waals surface area contributed by atoms with Crippen molar-refractivity contribution in [3.8, 4) is 0 Å². The fourth-order valence-electron chi connectivity index (χ4n) is 2.22. The molecule has 0 amide bonds. The van der Waals surface area contributed by atoms with Gasteiger partial charge in [0, 0.05) is 13.6 Å². The second-order valence-corrected chi connectivity index (χ2v) is 7.22. The van der Waals surface area contributed by atoms with E-state index in [0.717, 1.165) is 11.1 Å². The molecule has 2 aromatic rings. The lowest BCUT2D eigenvalue weighted by molar-refractivity contribution is 0.466. The first-order valence-corrected chi connectivity index (χ1v) is 8.13. The highest BCUT2D eigenvalue weighted by Crippen LogP contribution is 2.26. The van der Waals surface area contributed by atoms with Crippen molar-refractivity contribution in [2.45, 2.75) is 25.3 Å². The molecule has 4 nitrogen and oxygen atoms in total. The highest BCUT2D eigenvalue weighted by molar-refractivity contribution is 7.89. The van der Waals surface area contributed by atoms with Gasteiger partial charge in [0.1, 0.15) is 4.90 Å². The Morgan fingerprint density at radius 3 is 2.24 bits per heavy atom. The van der Waals surface area contributed by atoms with Crippen LogP contribution in [0.3, 0.4) is 0 Å². The Morgan fingerprint density at radius 1 is 1.05 bits per heavy atom. The van der Waals surface area contributed by atoms with Gasteiger partial charge in [-0.1, -0.05) is 42.0 Å². The molecule has 0 fully saturated rings. The normalized spacial score (nSPS) is 11.8. The molecule has 0 aliphatic carbocycles. The predicted molar refractivity (Wildman–Crippen MR) is 85.4 cm³/mol. The Hall–Kier alpha value is -1.85. The number of nitrogens with zero attached hydrogens (tertiary/aromatic N) is 1. The van der Waals surface area contributed by atoms with Crippen LogP contribution in [0.15, 0.2) is 47.4 Å². The molecule has 0 aliphatic heterocycles. The number of nitrogen functional groups attached to an aromatic ring is 1. The minimum absolute atomic E-state index is 0.194. The number of nitrogens with two attached hydrogens (primary N) is 1. The van der Waals surface area contributed by atoms with Crippen molar-refractivity contribution in [1.29, 1.82) is 0 Å². The summed E-state index contributed by atoms with van der Waals surface area (Å²) in [6, 6.07) is 12.9. The fourth-order valence-corrected chi connectivity index (χ4v) is 3.69. The minimum Gasteiger partial charge on any atom is -0.398 e. The van der Waals surface area contributed by atoms with E-state index in [1.165, 1.54) is 4.31 Å². The summed E-state index contributed by atoms with van der Waals surface area (Å²) in [5, 5.41) is 0. The average Bonchev–Trinajstić information content (AvgIpc) is 2.40. The molecule has 0 bridgehead atoms. The van der Waals surface area contributed by atoms with Crippen molar-refractivity contribution >= 4 is 15.7 Å². The summed E-state index contributed by atoms with van der Waals surface area (Å²) < 4.78 is 26.7. The Kier molecular flexibility index (Phi) is 4.34. The number of sulfonamides is 1. The summed E-state index contributed by atoms with van der Waals surface area (Å²) >= 11 is 0. The maximum Gasteiger partial charge on any atom is 0.245 e. The van der Waals surface area contributed by atoms with Crippen LogP contribution >= 0.6 is 0 Å². The van der Waals surface area contributed by atoms with Gasteiger partial charge >= 0.3 is 0 Å². The van der Waals surface area contributed by atoms with E-state index in [0.29, 0.717) is 12.1 Å². The highest BCUT2D eigenvalue weighted by Gasteiger charge is 2.25. The third-order valence-corrected chi connectivity index (χ3v) is 5.46. The molecule has 0 saturated carbocycles. The van der Waals surface area contributed by atoms with E-state index in [2.05, 4.69) is 0 Å². The minimum atomic E-state index is -3.60. The second-order valence-electron chi connectivity index (χ2n) is 5.24. The molecule has 112 valence electrons. The summed E-state index contributed by atoms with van der Waals surface area (Å²) in [7, 11) is -2.03. The molecular weight excluding hydrogens is 284 g/mol. The van der Waals surface area contributed by atoms with Gasteiger partial charge in [-0.25, -0.2) is 8.42 Å². The van der Waals surface area contributed by atoms with E-state index in [-0.39, 0.29) is 10.6 Å². The zero-order chi connectivity index (χ0) is 15.6. The lowest BCUT2D eigenvalue weighted by Gasteiger charge is -2.20. The Bertz CT molecular complexity index is 717. The van der Waals surface area contributed by atoms with Crippen LogP contribution in [0.4, 0.5) is 5.69 Å². The maximum absolute atomic E-state index is 12.7. The SMILES string of the molecule is Cc1ccc(CN(C)S(=O)(=O)c2c(C)cccc2N)cc1. The van der Waals surface area contributed by atoms with Crippen LogP contribution in [0, 0.1) is 13.8 Å². The molecule has 0 spiro atoms. The van der Waals surface area contributed by atoms with Gasteiger partial charge in [-0.05, 0) is 31.0 Å². The van der Waals surface area contributed by atoms with E-state index >= 15 is 0 Å². The summed E-state index contributed by atoms with van der Waals surface area (Å²) in [6.45, 7) is 4.07. The number of hydrogen-bond donors (Lipinski definition) is 1. The Labute approximate surface area is 126 Å². The molecular formula is C16H20N2O2S. The molecule has 0 atom stereocenters. The zero-order valence-corrected chi connectivity index (χ0v) is 13.3.